The van der Waals surface area contributed by atoms with Gasteiger partial charge in [-0.3, -0.25) is 4.79 Å². The summed E-state index contributed by atoms with van der Waals surface area (Å²) in [7, 11) is -1.17. The number of nitrogens with zero attached hydrogens (tertiary/aromatic N) is 1. The van der Waals surface area contributed by atoms with Crippen LogP contribution < -0.4 is 5.32 Å². The Morgan fingerprint density at radius 2 is 2.29 bits per heavy atom. The van der Waals surface area contributed by atoms with E-state index in [2.05, 4.69) is 5.32 Å². The van der Waals surface area contributed by atoms with Crippen LogP contribution in [0.25, 0.3) is 0 Å². The average molecular weight is 312 g/mol. The molecular weight excluding hydrogens is 292 g/mol. The Bertz CT molecular complexity index is 637. The van der Waals surface area contributed by atoms with Gasteiger partial charge in [0.05, 0.1) is 17.8 Å². The number of fused-ring (bicyclic) bond motifs is 1. The van der Waals surface area contributed by atoms with Crippen LogP contribution in [0.5, 0.6) is 0 Å². The highest BCUT2D eigenvalue weighted by Gasteiger charge is 2.35. The highest BCUT2D eigenvalue weighted by molar-refractivity contribution is 7.91. The maximum Gasteiger partial charge on any atom is 0.247 e. The molecule has 0 aliphatic carbocycles. The van der Waals surface area contributed by atoms with Crippen molar-refractivity contribution >= 4 is 15.7 Å². The van der Waals surface area contributed by atoms with E-state index in [0.717, 1.165) is 12.0 Å². The first kappa shape index (κ1) is 14.6. The second-order valence-electron chi connectivity index (χ2n) is 5.84. The maximum absolute atomic E-state index is 12.6. The summed E-state index contributed by atoms with van der Waals surface area (Å²) in [6, 6.07) is 1.42. The van der Waals surface area contributed by atoms with E-state index in [0.29, 0.717) is 25.3 Å². The van der Waals surface area contributed by atoms with E-state index < -0.39 is 15.9 Å². The van der Waals surface area contributed by atoms with Crippen LogP contribution in [0.15, 0.2) is 16.7 Å². The highest BCUT2D eigenvalue weighted by Crippen LogP contribution is 2.27. The Kier molecular flexibility index (Phi) is 3.79. The first-order chi connectivity index (χ1) is 10.00. The zero-order valence-electron chi connectivity index (χ0n) is 12.0. The molecule has 21 heavy (non-hydrogen) atoms. The minimum absolute atomic E-state index is 0.0319. The van der Waals surface area contributed by atoms with Crippen molar-refractivity contribution in [2.24, 2.45) is 5.92 Å². The zero-order chi connectivity index (χ0) is 15.0. The van der Waals surface area contributed by atoms with Crippen molar-refractivity contribution in [1.82, 2.24) is 10.2 Å². The Labute approximate surface area is 124 Å². The number of hydrogen-bond acceptors (Lipinski definition) is 5. The van der Waals surface area contributed by atoms with E-state index in [4.69, 9.17) is 4.42 Å². The molecule has 1 fully saturated rings. The van der Waals surface area contributed by atoms with Gasteiger partial charge in [-0.25, -0.2) is 8.42 Å². The van der Waals surface area contributed by atoms with Crippen molar-refractivity contribution in [1.29, 1.82) is 0 Å². The molecule has 7 heteroatoms. The molecule has 2 atom stereocenters. The van der Waals surface area contributed by atoms with E-state index in [1.54, 1.807) is 18.2 Å². The Morgan fingerprint density at radius 3 is 2.95 bits per heavy atom. The van der Waals surface area contributed by atoms with Crippen molar-refractivity contribution in [3.05, 3.63) is 23.7 Å². The molecule has 0 spiro atoms. The molecule has 1 amide bonds. The second kappa shape index (κ2) is 5.46. The van der Waals surface area contributed by atoms with Gasteiger partial charge in [0.15, 0.2) is 9.84 Å². The number of sulfone groups is 1. The molecule has 1 N–H and O–H groups in total. The number of nitrogens with one attached hydrogen (secondary N) is 1. The fourth-order valence-corrected chi connectivity index (χ4v) is 5.08. The molecular formula is C14H20N2O4S. The van der Waals surface area contributed by atoms with Gasteiger partial charge in [0, 0.05) is 13.1 Å². The topological polar surface area (TPSA) is 79.6 Å². The largest absolute Gasteiger partial charge is 0.467 e. The first-order valence-electron chi connectivity index (χ1n) is 7.23. The van der Waals surface area contributed by atoms with Gasteiger partial charge in [-0.05, 0) is 37.4 Å². The highest BCUT2D eigenvalue weighted by atomic mass is 32.2. The van der Waals surface area contributed by atoms with Crippen LogP contribution >= 0.6 is 0 Å². The van der Waals surface area contributed by atoms with Gasteiger partial charge in [-0.15, -0.1) is 0 Å². The summed E-state index contributed by atoms with van der Waals surface area (Å²) >= 11 is 0. The number of carbonyl (C=O) groups is 1. The molecule has 0 saturated carbocycles. The maximum atomic E-state index is 12.6. The van der Waals surface area contributed by atoms with Crippen LogP contribution in [-0.2, 0) is 21.1 Å². The van der Waals surface area contributed by atoms with Crippen molar-refractivity contribution in [2.75, 3.05) is 31.6 Å². The number of furan rings is 1. The van der Waals surface area contributed by atoms with Gasteiger partial charge in [0.2, 0.25) is 5.91 Å². The third-order valence-electron chi connectivity index (χ3n) is 4.35. The number of carbonyl (C=O) groups excluding carboxylic acids is 1. The fourth-order valence-electron chi connectivity index (χ4n) is 3.23. The number of rotatable bonds is 3. The molecule has 2 aliphatic rings. The number of hydrogen-bond donors (Lipinski definition) is 1. The molecule has 116 valence electrons. The monoisotopic (exact) mass is 312 g/mol. The van der Waals surface area contributed by atoms with Crippen LogP contribution in [0.4, 0.5) is 0 Å². The van der Waals surface area contributed by atoms with Gasteiger partial charge < -0.3 is 14.6 Å². The molecule has 1 aromatic rings. The summed E-state index contributed by atoms with van der Waals surface area (Å²) in [5.41, 5.74) is 1.05. The summed E-state index contributed by atoms with van der Waals surface area (Å²) < 4.78 is 28.6. The molecule has 0 bridgehead atoms. The lowest BCUT2D eigenvalue weighted by Gasteiger charge is -2.26. The average Bonchev–Trinajstić information content (AvgIpc) is 2.99. The lowest BCUT2D eigenvalue weighted by Crippen LogP contribution is -2.41. The normalized spacial score (nSPS) is 28.4. The van der Waals surface area contributed by atoms with Crippen LogP contribution in [0.3, 0.4) is 0 Å². The Morgan fingerprint density at radius 1 is 1.48 bits per heavy atom. The lowest BCUT2D eigenvalue weighted by atomic mass is 10.1. The molecule has 3 rings (SSSR count). The first-order valence-corrected chi connectivity index (χ1v) is 9.05. The van der Waals surface area contributed by atoms with Crippen LogP contribution in [0, 0.1) is 5.92 Å². The summed E-state index contributed by atoms with van der Waals surface area (Å²) in [5, 5.41) is 3.00. The van der Waals surface area contributed by atoms with Gasteiger partial charge in [0.1, 0.15) is 11.8 Å². The van der Waals surface area contributed by atoms with Gasteiger partial charge in [-0.2, -0.15) is 0 Å². The molecule has 0 radical (unpaired) electrons. The summed E-state index contributed by atoms with van der Waals surface area (Å²) in [6.07, 6.45) is 3.01. The number of likely N-dealkylation sites (N-methyl/N-ethyl adjacent to an activating group) is 1. The van der Waals surface area contributed by atoms with Crippen molar-refractivity contribution in [3.8, 4) is 0 Å². The quantitative estimate of drug-likeness (QED) is 0.872. The summed E-state index contributed by atoms with van der Waals surface area (Å²) in [5.74, 6) is 1.15. The summed E-state index contributed by atoms with van der Waals surface area (Å²) in [6.45, 7) is 1.13. The van der Waals surface area contributed by atoms with E-state index in [1.165, 1.54) is 0 Å². The van der Waals surface area contributed by atoms with Gasteiger partial charge >= 0.3 is 0 Å². The number of amides is 1. The van der Waals surface area contributed by atoms with Gasteiger partial charge in [0.25, 0.3) is 0 Å². The summed E-state index contributed by atoms with van der Waals surface area (Å²) in [4.78, 5) is 14.4. The van der Waals surface area contributed by atoms with Crippen LogP contribution in [-0.4, -0.2) is 50.9 Å². The van der Waals surface area contributed by atoms with Crippen molar-refractivity contribution in [2.45, 2.75) is 18.9 Å². The third kappa shape index (κ3) is 2.85. The molecule has 3 heterocycles. The second-order valence-corrected chi connectivity index (χ2v) is 8.06. The SMILES string of the molecule is CNC1C(=O)N(CC2CCS(=O)(=O)C2)CCc2ccoc21. The van der Waals surface area contributed by atoms with E-state index >= 15 is 0 Å². The molecule has 1 aromatic heterocycles. The van der Waals surface area contributed by atoms with Gasteiger partial charge in [-0.1, -0.05) is 0 Å². The molecule has 2 aliphatic heterocycles. The Balaban J connectivity index is 1.76. The lowest BCUT2D eigenvalue weighted by molar-refractivity contribution is -0.134. The van der Waals surface area contributed by atoms with Crippen molar-refractivity contribution < 1.29 is 17.6 Å². The van der Waals surface area contributed by atoms with E-state index in [1.807, 2.05) is 6.07 Å². The molecule has 6 nitrogen and oxygen atoms in total. The molecule has 1 saturated heterocycles. The smallest absolute Gasteiger partial charge is 0.247 e. The van der Waals surface area contributed by atoms with Crippen LogP contribution in [0.2, 0.25) is 0 Å². The standard InChI is InChI=1S/C14H20N2O4S/c1-15-12-13-11(3-6-20-13)2-5-16(14(12)17)8-10-4-7-21(18,19)9-10/h3,6,10,12,15H,2,4-5,7-9H2,1H3. The van der Waals surface area contributed by atoms with E-state index in [9.17, 15) is 13.2 Å². The predicted octanol–water partition coefficient (Wildman–Crippen LogP) is 0.360. The van der Waals surface area contributed by atoms with E-state index in [-0.39, 0.29) is 23.3 Å². The predicted molar refractivity (Wildman–Crippen MR) is 77.6 cm³/mol. The zero-order valence-corrected chi connectivity index (χ0v) is 12.9. The van der Waals surface area contributed by atoms with Crippen molar-refractivity contribution in [3.63, 3.8) is 0 Å². The Hall–Kier alpha value is -1.34. The minimum atomic E-state index is -2.91. The molecule has 0 aromatic carbocycles. The van der Waals surface area contributed by atoms with Crippen LogP contribution in [0.1, 0.15) is 23.8 Å². The molecule has 2 unspecified atom stereocenters. The third-order valence-corrected chi connectivity index (χ3v) is 6.18. The fraction of sp³-hybridized carbons (Fsp3) is 0.643. The minimum Gasteiger partial charge on any atom is -0.467 e.